The van der Waals surface area contributed by atoms with Gasteiger partial charge in [-0.15, -0.1) is 11.3 Å². The maximum absolute atomic E-state index is 12.4. The van der Waals surface area contributed by atoms with Crippen molar-refractivity contribution in [1.82, 2.24) is 15.3 Å². The molecule has 116 valence electrons. The monoisotopic (exact) mass is 326 g/mol. The normalized spacial score (nSPS) is 12.0. The fraction of sp³-hybridized carbons (Fsp3) is 0.125. The fourth-order valence-electron chi connectivity index (χ4n) is 2.36. The Balaban J connectivity index is 1.87. The zero-order valence-corrected chi connectivity index (χ0v) is 13.1. The van der Waals surface area contributed by atoms with Crippen LogP contribution in [0.5, 0.6) is 0 Å². The summed E-state index contributed by atoms with van der Waals surface area (Å²) >= 11 is 1.62. The summed E-state index contributed by atoms with van der Waals surface area (Å²) in [4.78, 5) is 31.5. The second-order valence-corrected chi connectivity index (χ2v) is 5.91. The Labute approximate surface area is 136 Å². The Hall–Kier alpha value is -2.80. The Bertz CT molecular complexity index is 890. The lowest BCUT2D eigenvalue weighted by Crippen LogP contribution is -2.30. The topological polar surface area (TPSA) is 98.0 Å². The van der Waals surface area contributed by atoms with Crippen LogP contribution < -0.4 is 11.1 Å². The van der Waals surface area contributed by atoms with E-state index >= 15 is 0 Å². The van der Waals surface area contributed by atoms with E-state index in [2.05, 4.69) is 15.3 Å². The number of aromatic nitrogens is 2. The standard InChI is InChI=1S/C16H14N4O2S/c1-9(11-8-23-12-5-3-2-4-10(11)12)20-16(22)14-13(15(17)21)18-6-7-19-14/h2-9H,1H3,(H2,17,21)(H,20,22)/t9-/m1/s1. The number of hydrogen-bond acceptors (Lipinski definition) is 5. The fourth-order valence-corrected chi connectivity index (χ4v) is 3.42. The first kappa shape index (κ1) is 15.1. The molecule has 1 atom stereocenters. The molecule has 0 bridgehead atoms. The molecule has 0 fully saturated rings. The molecule has 6 nitrogen and oxygen atoms in total. The van der Waals surface area contributed by atoms with Crippen molar-refractivity contribution in [3.05, 3.63) is 59.0 Å². The van der Waals surface area contributed by atoms with E-state index in [1.54, 1.807) is 11.3 Å². The van der Waals surface area contributed by atoms with Crippen LogP contribution >= 0.6 is 11.3 Å². The van der Waals surface area contributed by atoms with Crippen molar-refractivity contribution in [2.75, 3.05) is 0 Å². The van der Waals surface area contributed by atoms with Gasteiger partial charge in [-0.3, -0.25) is 9.59 Å². The highest BCUT2D eigenvalue weighted by Crippen LogP contribution is 2.30. The van der Waals surface area contributed by atoms with Crippen LogP contribution in [0.25, 0.3) is 10.1 Å². The molecule has 3 rings (SSSR count). The molecule has 2 aromatic heterocycles. The number of carbonyl (C=O) groups excluding carboxylic acids is 2. The maximum Gasteiger partial charge on any atom is 0.272 e. The molecule has 2 amide bonds. The maximum atomic E-state index is 12.4. The lowest BCUT2D eigenvalue weighted by molar-refractivity contribution is 0.0917. The molecule has 23 heavy (non-hydrogen) atoms. The van der Waals surface area contributed by atoms with Crippen molar-refractivity contribution in [2.24, 2.45) is 5.73 Å². The molecule has 3 N–H and O–H groups in total. The molecule has 0 saturated carbocycles. The summed E-state index contributed by atoms with van der Waals surface area (Å²) < 4.78 is 1.15. The van der Waals surface area contributed by atoms with E-state index in [-0.39, 0.29) is 17.4 Å². The highest BCUT2D eigenvalue weighted by molar-refractivity contribution is 7.17. The smallest absolute Gasteiger partial charge is 0.272 e. The number of thiophene rings is 1. The van der Waals surface area contributed by atoms with Gasteiger partial charge in [0, 0.05) is 17.1 Å². The van der Waals surface area contributed by atoms with Crippen molar-refractivity contribution in [1.29, 1.82) is 0 Å². The van der Waals surface area contributed by atoms with Gasteiger partial charge in [0.2, 0.25) is 0 Å². The van der Waals surface area contributed by atoms with Crippen LogP contribution in [0.1, 0.15) is 39.5 Å². The van der Waals surface area contributed by atoms with Gasteiger partial charge in [-0.2, -0.15) is 0 Å². The average molecular weight is 326 g/mol. The molecule has 2 heterocycles. The van der Waals surface area contributed by atoms with Gasteiger partial charge < -0.3 is 11.1 Å². The van der Waals surface area contributed by atoms with Crippen LogP contribution in [-0.2, 0) is 0 Å². The zero-order valence-electron chi connectivity index (χ0n) is 12.3. The van der Waals surface area contributed by atoms with E-state index in [0.717, 1.165) is 15.6 Å². The van der Waals surface area contributed by atoms with Gasteiger partial charge >= 0.3 is 0 Å². The zero-order chi connectivity index (χ0) is 16.4. The summed E-state index contributed by atoms with van der Waals surface area (Å²) in [5, 5.41) is 5.96. The minimum absolute atomic E-state index is 0.0635. The van der Waals surface area contributed by atoms with Crippen molar-refractivity contribution in [3.8, 4) is 0 Å². The van der Waals surface area contributed by atoms with Gasteiger partial charge in [-0.25, -0.2) is 9.97 Å². The highest BCUT2D eigenvalue weighted by Gasteiger charge is 2.21. The summed E-state index contributed by atoms with van der Waals surface area (Å²) in [5.41, 5.74) is 6.05. The van der Waals surface area contributed by atoms with Crippen LogP contribution in [0.2, 0.25) is 0 Å². The van der Waals surface area contributed by atoms with Crippen molar-refractivity contribution in [2.45, 2.75) is 13.0 Å². The minimum atomic E-state index is -0.781. The molecule has 0 aliphatic rings. The van der Waals surface area contributed by atoms with E-state index < -0.39 is 11.8 Å². The molecule has 0 unspecified atom stereocenters. The SMILES string of the molecule is C[C@@H](NC(=O)c1nccnc1C(N)=O)c1csc2ccccc12. The summed E-state index contributed by atoms with van der Waals surface area (Å²) in [6.45, 7) is 1.88. The van der Waals surface area contributed by atoms with Crippen LogP contribution in [-0.4, -0.2) is 21.8 Å². The van der Waals surface area contributed by atoms with Gasteiger partial charge in [0.05, 0.1) is 6.04 Å². The van der Waals surface area contributed by atoms with E-state index in [4.69, 9.17) is 5.73 Å². The van der Waals surface area contributed by atoms with Crippen LogP contribution in [0.3, 0.4) is 0 Å². The summed E-state index contributed by atoms with van der Waals surface area (Å²) in [6.07, 6.45) is 2.68. The second-order valence-electron chi connectivity index (χ2n) is 5.00. The molecule has 0 aliphatic carbocycles. The van der Waals surface area contributed by atoms with Gasteiger partial charge in [0.1, 0.15) is 0 Å². The number of fused-ring (bicyclic) bond motifs is 1. The molecule has 0 radical (unpaired) electrons. The molecule has 0 saturated heterocycles. The third-order valence-electron chi connectivity index (χ3n) is 3.47. The first-order chi connectivity index (χ1) is 11.1. The number of rotatable bonds is 4. The first-order valence-electron chi connectivity index (χ1n) is 6.95. The lowest BCUT2D eigenvalue weighted by atomic mass is 10.1. The van der Waals surface area contributed by atoms with E-state index in [1.807, 2.05) is 36.6 Å². The number of nitrogens with zero attached hydrogens (tertiary/aromatic N) is 2. The number of nitrogens with two attached hydrogens (primary N) is 1. The van der Waals surface area contributed by atoms with Gasteiger partial charge in [0.15, 0.2) is 11.4 Å². The van der Waals surface area contributed by atoms with Crippen molar-refractivity contribution in [3.63, 3.8) is 0 Å². The third-order valence-corrected chi connectivity index (χ3v) is 4.45. The number of nitrogens with one attached hydrogen (secondary N) is 1. The molecule has 0 aliphatic heterocycles. The number of amides is 2. The Morgan fingerprint density at radius 1 is 1.17 bits per heavy atom. The molecule has 0 spiro atoms. The van der Waals surface area contributed by atoms with Gasteiger partial charge in [0.25, 0.3) is 11.8 Å². The Kier molecular flexibility index (Phi) is 4.03. The van der Waals surface area contributed by atoms with E-state index in [1.165, 1.54) is 12.4 Å². The van der Waals surface area contributed by atoms with Gasteiger partial charge in [-0.05, 0) is 29.3 Å². The predicted molar refractivity (Wildman–Crippen MR) is 88.3 cm³/mol. The molecule has 3 aromatic rings. The largest absolute Gasteiger partial charge is 0.364 e. The summed E-state index contributed by atoms with van der Waals surface area (Å²) in [5.74, 6) is -1.26. The van der Waals surface area contributed by atoms with Crippen molar-refractivity contribution < 1.29 is 9.59 Å². The molecular weight excluding hydrogens is 312 g/mol. The van der Waals surface area contributed by atoms with Crippen molar-refractivity contribution >= 4 is 33.2 Å². The molecular formula is C16H14N4O2S. The number of primary amides is 1. The quantitative estimate of drug-likeness (QED) is 0.768. The van der Waals surface area contributed by atoms with Crippen LogP contribution in [0.15, 0.2) is 42.0 Å². The van der Waals surface area contributed by atoms with E-state index in [9.17, 15) is 9.59 Å². The molecule has 7 heteroatoms. The lowest BCUT2D eigenvalue weighted by Gasteiger charge is -2.14. The number of hydrogen-bond donors (Lipinski definition) is 2. The molecule has 1 aromatic carbocycles. The number of benzene rings is 1. The second kappa shape index (κ2) is 6.13. The average Bonchev–Trinajstić information content (AvgIpc) is 2.98. The third kappa shape index (κ3) is 2.91. The highest BCUT2D eigenvalue weighted by atomic mass is 32.1. The Morgan fingerprint density at radius 3 is 2.61 bits per heavy atom. The Morgan fingerprint density at radius 2 is 1.87 bits per heavy atom. The summed E-state index contributed by atoms with van der Waals surface area (Å²) in [6, 6.07) is 7.75. The first-order valence-corrected chi connectivity index (χ1v) is 7.83. The van der Waals surface area contributed by atoms with Crippen LogP contribution in [0.4, 0.5) is 0 Å². The minimum Gasteiger partial charge on any atom is -0.364 e. The summed E-state index contributed by atoms with van der Waals surface area (Å²) in [7, 11) is 0. The van der Waals surface area contributed by atoms with E-state index in [0.29, 0.717) is 0 Å². The van der Waals surface area contributed by atoms with Crippen LogP contribution in [0, 0.1) is 0 Å². The van der Waals surface area contributed by atoms with Gasteiger partial charge in [-0.1, -0.05) is 18.2 Å². The predicted octanol–water partition coefficient (Wildman–Crippen LogP) is 2.28. The number of carbonyl (C=O) groups is 2.